The minimum atomic E-state index is -0.464. The topological polar surface area (TPSA) is 28.4 Å². The Balaban J connectivity index is 1.66. The fourth-order valence-corrected chi connectivity index (χ4v) is 6.49. The Hall–Kier alpha value is -1.75. The van der Waals surface area contributed by atoms with Gasteiger partial charge in [-0.3, -0.25) is 0 Å². The van der Waals surface area contributed by atoms with Gasteiger partial charge in [-0.05, 0) is 49.5 Å². The highest BCUT2D eigenvalue weighted by Gasteiger charge is 2.32. The van der Waals surface area contributed by atoms with E-state index in [-0.39, 0.29) is 5.25 Å². The molecule has 0 radical (unpaired) electrons. The fourth-order valence-electron chi connectivity index (χ4n) is 5.21. The Morgan fingerprint density at radius 1 is 0.879 bits per heavy atom. The summed E-state index contributed by atoms with van der Waals surface area (Å²) in [6, 6.07) is 19.5. The lowest BCUT2D eigenvalue weighted by Crippen LogP contribution is -2.29. The molecule has 0 saturated carbocycles. The second kappa shape index (κ2) is 12.1. The van der Waals surface area contributed by atoms with E-state index in [0.29, 0.717) is 0 Å². The quantitative estimate of drug-likeness (QED) is 0.287. The van der Waals surface area contributed by atoms with Crippen LogP contribution in [0.3, 0.4) is 0 Å². The number of fused-ring (bicyclic) bond motifs is 3. The van der Waals surface area contributed by atoms with Crippen molar-refractivity contribution in [1.82, 2.24) is 9.47 Å². The van der Waals surface area contributed by atoms with Crippen molar-refractivity contribution >= 4 is 22.7 Å². The van der Waals surface area contributed by atoms with Crippen molar-refractivity contribution in [1.29, 1.82) is 0 Å². The number of hydrogen-bond acceptors (Lipinski definition) is 3. The molecule has 2 aromatic carbocycles. The average molecular weight is 465 g/mol. The monoisotopic (exact) mass is 464 g/mol. The zero-order valence-electron chi connectivity index (χ0n) is 20.4. The minimum absolute atomic E-state index is 0.269. The number of aliphatic hydroxyl groups excluding tert-OH is 1. The third-order valence-electron chi connectivity index (χ3n) is 6.95. The molecule has 0 saturated heterocycles. The van der Waals surface area contributed by atoms with Gasteiger partial charge in [-0.15, -0.1) is 11.8 Å². The van der Waals surface area contributed by atoms with E-state index in [4.69, 9.17) is 0 Å². The molecular weight excluding hydrogens is 424 g/mol. The molecule has 1 aromatic heterocycles. The van der Waals surface area contributed by atoms with Crippen LogP contribution in [0.2, 0.25) is 0 Å². The van der Waals surface area contributed by atoms with Crippen molar-refractivity contribution in [3.8, 4) is 0 Å². The molecule has 1 aliphatic rings. The summed E-state index contributed by atoms with van der Waals surface area (Å²) < 4.78 is 2.23. The highest BCUT2D eigenvalue weighted by atomic mass is 32.2. The van der Waals surface area contributed by atoms with Crippen molar-refractivity contribution in [2.75, 3.05) is 25.4 Å². The molecule has 0 aliphatic carbocycles. The molecule has 2 atom stereocenters. The van der Waals surface area contributed by atoms with Crippen LogP contribution in [0.25, 0.3) is 10.9 Å². The maximum atomic E-state index is 11.0. The predicted molar refractivity (Wildman–Crippen MR) is 143 cm³/mol. The minimum Gasteiger partial charge on any atom is -0.372 e. The van der Waals surface area contributed by atoms with Crippen molar-refractivity contribution in [3.05, 3.63) is 71.4 Å². The number of aliphatic hydroxyl groups is 1. The summed E-state index contributed by atoms with van der Waals surface area (Å²) in [7, 11) is 0. The van der Waals surface area contributed by atoms with Crippen LogP contribution < -0.4 is 0 Å². The largest absolute Gasteiger partial charge is 0.372 e. The summed E-state index contributed by atoms with van der Waals surface area (Å²) in [6.45, 7) is 8.06. The molecule has 0 fully saturated rings. The van der Waals surface area contributed by atoms with Gasteiger partial charge in [0.05, 0.1) is 10.8 Å². The summed E-state index contributed by atoms with van der Waals surface area (Å²) >= 11 is 1.88. The third-order valence-corrected chi connectivity index (χ3v) is 8.27. The molecule has 2 unspecified atom stereocenters. The predicted octanol–water partition coefficient (Wildman–Crippen LogP) is 7.19. The molecule has 0 amide bonds. The molecule has 4 rings (SSSR count). The van der Waals surface area contributed by atoms with E-state index in [2.05, 4.69) is 77.9 Å². The van der Waals surface area contributed by atoms with Gasteiger partial charge in [0.1, 0.15) is 6.23 Å². The standard InChI is InChI=1S/C29H40N2OS/c1-3-5-12-19-30(20-13-6-4-2)21-18-25-24-16-10-11-17-26(24)31-27(32)22-33-29(28(25)31)23-14-8-7-9-15-23/h7-11,14-17,27,29,32H,3-6,12-13,18-22H2,1-2H3. The zero-order valence-corrected chi connectivity index (χ0v) is 21.2. The summed E-state index contributed by atoms with van der Waals surface area (Å²) in [6.07, 6.45) is 8.33. The first-order chi connectivity index (χ1) is 16.2. The highest BCUT2D eigenvalue weighted by molar-refractivity contribution is 7.99. The van der Waals surface area contributed by atoms with Crippen molar-refractivity contribution < 1.29 is 5.11 Å². The summed E-state index contributed by atoms with van der Waals surface area (Å²) in [5, 5.41) is 12.6. The van der Waals surface area contributed by atoms with Gasteiger partial charge in [0.2, 0.25) is 0 Å². The lowest BCUT2D eigenvalue weighted by molar-refractivity contribution is 0.128. The maximum Gasteiger partial charge on any atom is 0.140 e. The number of benzene rings is 2. The van der Waals surface area contributed by atoms with E-state index < -0.39 is 6.23 Å². The van der Waals surface area contributed by atoms with Crippen molar-refractivity contribution in [2.45, 2.75) is 70.3 Å². The van der Waals surface area contributed by atoms with Gasteiger partial charge in [-0.1, -0.05) is 88.1 Å². The first-order valence-electron chi connectivity index (χ1n) is 12.9. The van der Waals surface area contributed by atoms with Gasteiger partial charge < -0.3 is 14.6 Å². The number of aromatic nitrogens is 1. The van der Waals surface area contributed by atoms with Crippen LogP contribution >= 0.6 is 11.8 Å². The van der Waals surface area contributed by atoms with Crippen LogP contribution in [-0.4, -0.2) is 40.0 Å². The van der Waals surface area contributed by atoms with E-state index in [1.165, 1.54) is 79.3 Å². The Kier molecular flexibility index (Phi) is 8.94. The molecule has 3 aromatic rings. The molecule has 3 nitrogen and oxygen atoms in total. The van der Waals surface area contributed by atoms with E-state index in [0.717, 1.165) is 18.7 Å². The summed E-state index contributed by atoms with van der Waals surface area (Å²) in [5.41, 5.74) is 5.26. The Morgan fingerprint density at radius 3 is 2.24 bits per heavy atom. The third kappa shape index (κ3) is 5.67. The van der Waals surface area contributed by atoms with Crippen LogP contribution in [0.4, 0.5) is 0 Å². The van der Waals surface area contributed by atoms with Crippen LogP contribution in [0.5, 0.6) is 0 Å². The molecule has 1 N–H and O–H groups in total. The fraction of sp³-hybridized carbons (Fsp3) is 0.517. The van der Waals surface area contributed by atoms with Crippen LogP contribution in [0, 0.1) is 0 Å². The molecule has 2 heterocycles. The lowest BCUT2D eigenvalue weighted by atomic mass is 10.0. The molecule has 0 spiro atoms. The first kappa shape index (κ1) is 24.4. The molecule has 178 valence electrons. The van der Waals surface area contributed by atoms with Gasteiger partial charge in [0.15, 0.2) is 0 Å². The molecule has 0 bridgehead atoms. The number of thioether (sulfide) groups is 1. The molecular formula is C29H40N2OS. The van der Waals surface area contributed by atoms with Crippen LogP contribution in [0.1, 0.15) is 80.7 Å². The van der Waals surface area contributed by atoms with Gasteiger partial charge in [0, 0.05) is 23.4 Å². The van der Waals surface area contributed by atoms with Crippen molar-refractivity contribution in [2.24, 2.45) is 0 Å². The van der Waals surface area contributed by atoms with Gasteiger partial charge in [-0.2, -0.15) is 0 Å². The number of nitrogens with zero attached hydrogens (tertiary/aromatic N) is 2. The zero-order chi connectivity index (χ0) is 23.0. The van der Waals surface area contributed by atoms with Gasteiger partial charge in [-0.25, -0.2) is 0 Å². The number of rotatable bonds is 12. The second-order valence-corrected chi connectivity index (χ2v) is 10.5. The molecule has 4 heteroatoms. The van der Waals surface area contributed by atoms with E-state index in [9.17, 15) is 5.11 Å². The molecule has 33 heavy (non-hydrogen) atoms. The maximum absolute atomic E-state index is 11.0. The van der Waals surface area contributed by atoms with Gasteiger partial charge >= 0.3 is 0 Å². The Bertz CT molecular complexity index is 990. The summed E-state index contributed by atoms with van der Waals surface area (Å²) in [4.78, 5) is 2.69. The SMILES string of the molecule is CCCCCN(CCCCC)CCc1c2n(c3ccccc13)C(O)CSC2c1ccccc1. The van der Waals surface area contributed by atoms with Crippen LogP contribution in [0.15, 0.2) is 54.6 Å². The second-order valence-electron chi connectivity index (χ2n) is 9.36. The number of hydrogen-bond donors (Lipinski definition) is 1. The summed E-state index contributed by atoms with van der Waals surface area (Å²) in [5.74, 6) is 0.727. The van der Waals surface area contributed by atoms with E-state index >= 15 is 0 Å². The number of unbranched alkanes of at least 4 members (excludes halogenated alkanes) is 4. The average Bonchev–Trinajstić information content (AvgIpc) is 3.18. The Morgan fingerprint density at radius 2 is 1.55 bits per heavy atom. The van der Waals surface area contributed by atoms with Crippen LogP contribution in [-0.2, 0) is 6.42 Å². The Labute approximate surface area is 204 Å². The van der Waals surface area contributed by atoms with Gasteiger partial charge in [0.25, 0.3) is 0 Å². The lowest BCUT2D eigenvalue weighted by Gasteiger charge is -2.31. The highest BCUT2D eigenvalue weighted by Crippen LogP contribution is 2.47. The van der Waals surface area contributed by atoms with E-state index in [1.807, 2.05) is 11.8 Å². The molecule has 1 aliphatic heterocycles. The van der Waals surface area contributed by atoms with Crippen molar-refractivity contribution in [3.63, 3.8) is 0 Å². The smallest absolute Gasteiger partial charge is 0.140 e. The normalized spacial score (nSPS) is 18.2. The van der Waals surface area contributed by atoms with E-state index in [1.54, 1.807) is 0 Å². The number of para-hydroxylation sites is 1. The first-order valence-corrected chi connectivity index (χ1v) is 14.0.